The van der Waals surface area contributed by atoms with E-state index in [1.54, 1.807) is 0 Å². The van der Waals surface area contributed by atoms with Crippen LogP contribution in [-0.2, 0) is 26.6 Å². The number of nitrogens with two attached hydrogens (primary N) is 1. The Balaban J connectivity index is 2.15. The first-order valence-corrected chi connectivity index (χ1v) is 9.08. The highest BCUT2D eigenvalue weighted by Gasteiger charge is 2.15. The molecule has 0 amide bonds. The minimum atomic E-state index is -3.88. The number of hydrogen-bond donors (Lipinski definition) is 2. The van der Waals surface area contributed by atoms with Gasteiger partial charge in [0.05, 0.1) is 9.79 Å². The van der Waals surface area contributed by atoms with Gasteiger partial charge in [0.2, 0.25) is 20.0 Å². The lowest BCUT2D eigenvalue weighted by Crippen LogP contribution is -2.23. The van der Waals surface area contributed by atoms with Crippen LogP contribution in [0.5, 0.6) is 0 Å². The normalized spacial score (nSPS) is 12.3. The van der Waals surface area contributed by atoms with Crippen molar-refractivity contribution in [2.45, 2.75) is 16.3 Å². The Morgan fingerprint density at radius 3 is 1.86 bits per heavy atom. The summed E-state index contributed by atoms with van der Waals surface area (Å²) in [4.78, 5) is -0.271. The molecule has 22 heavy (non-hydrogen) atoms. The van der Waals surface area contributed by atoms with Crippen molar-refractivity contribution in [3.63, 3.8) is 0 Å². The minimum Gasteiger partial charge on any atom is -0.225 e. The molecule has 0 atom stereocenters. The Hall–Kier alpha value is -1.81. The molecule has 0 aliphatic carbocycles. The molecule has 2 aromatic carbocycles. The second-order valence-corrected chi connectivity index (χ2v) is 7.80. The summed E-state index contributed by atoms with van der Waals surface area (Å²) in [7, 11) is -7.69. The summed E-state index contributed by atoms with van der Waals surface area (Å²) in [5, 5.41) is 4.94. The number of rotatable bonds is 5. The van der Waals surface area contributed by atoms with Crippen molar-refractivity contribution in [2.24, 2.45) is 5.14 Å². The van der Waals surface area contributed by atoms with E-state index in [0.717, 1.165) is 24.3 Å². The van der Waals surface area contributed by atoms with Crippen LogP contribution in [0.1, 0.15) is 5.56 Å². The third-order valence-electron chi connectivity index (χ3n) is 2.84. The van der Waals surface area contributed by atoms with Gasteiger partial charge in [-0.15, -0.1) is 0 Å². The van der Waals surface area contributed by atoms with Crippen LogP contribution in [0.3, 0.4) is 0 Å². The fourth-order valence-corrected chi connectivity index (χ4v) is 3.21. The predicted molar refractivity (Wildman–Crippen MR) is 78.2 cm³/mol. The smallest absolute Gasteiger partial charge is 0.225 e. The number of halogens is 1. The molecular weight excluding hydrogens is 331 g/mol. The SMILES string of the molecule is NS(=O)(=O)c1ccc(S(=O)(=O)NCc2ccc(F)cc2)cc1. The van der Waals surface area contributed by atoms with Crippen LogP contribution >= 0.6 is 0 Å². The zero-order chi connectivity index (χ0) is 16.4. The molecule has 0 radical (unpaired) electrons. The Kier molecular flexibility index (Phi) is 4.61. The van der Waals surface area contributed by atoms with Gasteiger partial charge < -0.3 is 0 Å². The van der Waals surface area contributed by atoms with Gasteiger partial charge in [0, 0.05) is 6.54 Å². The Morgan fingerprint density at radius 1 is 0.864 bits per heavy atom. The quantitative estimate of drug-likeness (QED) is 0.842. The van der Waals surface area contributed by atoms with Gasteiger partial charge in [0.1, 0.15) is 5.82 Å². The minimum absolute atomic E-state index is 0.0143. The van der Waals surface area contributed by atoms with Crippen molar-refractivity contribution in [1.29, 1.82) is 0 Å². The van der Waals surface area contributed by atoms with Crippen molar-refractivity contribution < 1.29 is 21.2 Å². The molecule has 2 aromatic rings. The molecule has 0 fully saturated rings. The number of nitrogens with one attached hydrogen (secondary N) is 1. The summed E-state index contributed by atoms with van der Waals surface area (Å²) in [5.74, 6) is -0.412. The third-order valence-corrected chi connectivity index (χ3v) is 5.19. The molecule has 118 valence electrons. The van der Waals surface area contributed by atoms with E-state index >= 15 is 0 Å². The van der Waals surface area contributed by atoms with Gasteiger partial charge in [0.15, 0.2) is 0 Å². The molecule has 0 saturated heterocycles. The lowest BCUT2D eigenvalue weighted by atomic mass is 10.2. The Bertz CT molecular complexity index is 861. The second-order valence-electron chi connectivity index (χ2n) is 4.47. The number of primary sulfonamides is 1. The van der Waals surface area contributed by atoms with E-state index in [9.17, 15) is 21.2 Å². The molecule has 9 heteroatoms. The van der Waals surface area contributed by atoms with Gasteiger partial charge >= 0.3 is 0 Å². The number of benzene rings is 2. The van der Waals surface area contributed by atoms with Crippen molar-refractivity contribution in [1.82, 2.24) is 4.72 Å². The van der Waals surface area contributed by atoms with Crippen molar-refractivity contribution in [3.8, 4) is 0 Å². The van der Waals surface area contributed by atoms with Crippen molar-refractivity contribution in [3.05, 3.63) is 59.9 Å². The highest BCUT2D eigenvalue weighted by molar-refractivity contribution is 7.89. The summed E-state index contributed by atoms with van der Waals surface area (Å²) >= 11 is 0. The molecule has 0 heterocycles. The Morgan fingerprint density at radius 2 is 1.36 bits per heavy atom. The van der Waals surface area contributed by atoms with Gasteiger partial charge in [0.25, 0.3) is 0 Å². The molecule has 2 rings (SSSR count). The lowest BCUT2D eigenvalue weighted by Gasteiger charge is -2.07. The zero-order valence-electron chi connectivity index (χ0n) is 11.2. The maximum atomic E-state index is 12.8. The van der Waals surface area contributed by atoms with Crippen LogP contribution < -0.4 is 9.86 Å². The molecule has 3 N–H and O–H groups in total. The van der Waals surface area contributed by atoms with E-state index in [2.05, 4.69) is 4.72 Å². The molecule has 0 aliphatic heterocycles. The van der Waals surface area contributed by atoms with Gasteiger partial charge in [-0.2, -0.15) is 0 Å². The van der Waals surface area contributed by atoms with Gasteiger partial charge in [-0.3, -0.25) is 0 Å². The van der Waals surface area contributed by atoms with E-state index in [0.29, 0.717) is 5.56 Å². The van der Waals surface area contributed by atoms with Crippen LogP contribution in [0.25, 0.3) is 0 Å². The first kappa shape index (κ1) is 16.6. The summed E-state index contributed by atoms with van der Waals surface area (Å²) in [6, 6.07) is 9.89. The molecule has 0 unspecified atom stereocenters. The molecule has 0 aliphatic rings. The molecule has 6 nitrogen and oxygen atoms in total. The highest BCUT2D eigenvalue weighted by Crippen LogP contribution is 2.14. The van der Waals surface area contributed by atoms with Crippen LogP contribution in [0.4, 0.5) is 4.39 Å². The maximum absolute atomic E-state index is 12.8. The molecule has 0 saturated carbocycles. The fraction of sp³-hybridized carbons (Fsp3) is 0.0769. The fourth-order valence-electron chi connectivity index (χ4n) is 1.67. The zero-order valence-corrected chi connectivity index (χ0v) is 12.9. The Labute approximate surface area is 127 Å². The summed E-state index contributed by atoms with van der Waals surface area (Å²) in [6.45, 7) is -0.0143. The average Bonchev–Trinajstić information content (AvgIpc) is 2.46. The summed E-state index contributed by atoms with van der Waals surface area (Å²) in [5.41, 5.74) is 0.589. The standard InChI is InChI=1S/C13H13FN2O4S2/c14-11-3-1-10(2-4-11)9-16-22(19,20)13-7-5-12(6-8-13)21(15,17)18/h1-8,16H,9H2,(H2,15,17,18). The van der Waals surface area contributed by atoms with E-state index in [1.807, 2.05) is 0 Å². The largest absolute Gasteiger partial charge is 0.240 e. The van der Waals surface area contributed by atoms with Crippen LogP contribution in [0.15, 0.2) is 58.3 Å². The monoisotopic (exact) mass is 344 g/mol. The first-order valence-electron chi connectivity index (χ1n) is 6.05. The van der Waals surface area contributed by atoms with Crippen LogP contribution in [0.2, 0.25) is 0 Å². The highest BCUT2D eigenvalue weighted by atomic mass is 32.2. The van der Waals surface area contributed by atoms with E-state index in [1.165, 1.54) is 24.3 Å². The van der Waals surface area contributed by atoms with E-state index in [4.69, 9.17) is 5.14 Å². The average molecular weight is 344 g/mol. The van der Waals surface area contributed by atoms with Gasteiger partial charge in [-0.05, 0) is 42.0 Å². The molecule has 0 aromatic heterocycles. The molecular formula is C13H13FN2O4S2. The topological polar surface area (TPSA) is 106 Å². The van der Waals surface area contributed by atoms with Gasteiger partial charge in [-0.1, -0.05) is 12.1 Å². The van der Waals surface area contributed by atoms with Gasteiger partial charge in [-0.25, -0.2) is 31.1 Å². The van der Waals surface area contributed by atoms with Crippen LogP contribution in [0, 0.1) is 5.82 Å². The maximum Gasteiger partial charge on any atom is 0.240 e. The van der Waals surface area contributed by atoms with Crippen molar-refractivity contribution in [2.75, 3.05) is 0 Å². The summed E-state index contributed by atoms with van der Waals surface area (Å²) < 4.78 is 61.5. The predicted octanol–water partition coefficient (Wildman–Crippen LogP) is 0.952. The number of hydrogen-bond acceptors (Lipinski definition) is 4. The van der Waals surface area contributed by atoms with Crippen LogP contribution in [-0.4, -0.2) is 16.8 Å². The summed E-state index contributed by atoms with van der Waals surface area (Å²) in [6.07, 6.45) is 0. The third kappa shape index (κ3) is 4.10. The number of sulfonamides is 2. The van der Waals surface area contributed by atoms with E-state index in [-0.39, 0.29) is 16.3 Å². The second kappa shape index (κ2) is 6.13. The molecule has 0 spiro atoms. The van der Waals surface area contributed by atoms with E-state index < -0.39 is 25.9 Å². The van der Waals surface area contributed by atoms with Crippen molar-refractivity contribution >= 4 is 20.0 Å². The lowest BCUT2D eigenvalue weighted by molar-refractivity contribution is 0.580. The molecule has 0 bridgehead atoms. The first-order chi connectivity index (χ1) is 10.2.